The first-order valence-corrected chi connectivity index (χ1v) is 7.52. The molecule has 4 nitrogen and oxygen atoms in total. The average Bonchev–Trinajstić information content (AvgIpc) is 2.42. The van der Waals surface area contributed by atoms with Gasteiger partial charge in [0.25, 0.3) is 0 Å². The molecule has 0 radical (unpaired) electrons. The number of hydrogen-bond acceptors (Lipinski definition) is 3. The minimum atomic E-state index is -0.351. The summed E-state index contributed by atoms with van der Waals surface area (Å²) >= 11 is 3.43. The molecule has 1 aromatic rings. The molecule has 1 amide bonds. The van der Waals surface area contributed by atoms with E-state index in [0.717, 1.165) is 36.0 Å². The van der Waals surface area contributed by atoms with E-state index in [0.29, 0.717) is 12.6 Å². The third-order valence-corrected chi connectivity index (χ3v) is 4.34. The van der Waals surface area contributed by atoms with Gasteiger partial charge >= 0.3 is 0 Å². The number of hydrogen-bond donors (Lipinski definition) is 2. The fourth-order valence-electron chi connectivity index (χ4n) is 2.57. The van der Waals surface area contributed by atoms with Gasteiger partial charge in [-0.3, -0.25) is 9.69 Å². The van der Waals surface area contributed by atoms with Crippen molar-refractivity contribution in [2.24, 2.45) is 5.73 Å². The maximum Gasteiger partial charge on any atom is 0.231 e. The Morgan fingerprint density at radius 1 is 1.45 bits per heavy atom. The van der Waals surface area contributed by atoms with Gasteiger partial charge in [-0.25, -0.2) is 4.39 Å². The number of benzene rings is 1. The van der Waals surface area contributed by atoms with Gasteiger partial charge in [-0.2, -0.15) is 0 Å². The van der Waals surface area contributed by atoms with E-state index in [-0.39, 0.29) is 18.3 Å². The zero-order chi connectivity index (χ0) is 14.5. The first-order chi connectivity index (χ1) is 9.56. The molecule has 1 fully saturated rings. The Bertz CT molecular complexity index is 477. The third kappa shape index (κ3) is 4.26. The van der Waals surface area contributed by atoms with Crippen molar-refractivity contribution < 1.29 is 9.18 Å². The summed E-state index contributed by atoms with van der Waals surface area (Å²) < 4.78 is 14.2. The van der Waals surface area contributed by atoms with Crippen LogP contribution in [0, 0.1) is 5.82 Å². The molecule has 6 heteroatoms. The topological polar surface area (TPSA) is 58.4 Å². The van der Waals surface area contributed by atoms with Gasteiger partial charge in [-0.15, -0.1) is 0 Å². The number of nitrogens with zero attached hydrogens (tertiary/aromatic N) is 1. The fourth-order valence-corrected chi connectivity index (χ4v) is 2.94. The van der Waals surface area contributed by atoms with Crippen LogP contribution in [0.5, 0.6) is 0 Å². The Labute approximate surface area is 126 Å². The number of nitrogens with two attached hydrogens (primary N) is 1. The molecule has 0 spiro atoms. The molecule has 3 N–H and O–H groups in total. The van der Waals surface area contributed by atoms with Gasteiger partial charge in [0, 0.05) is 17.1 Å². The highest BCUT2D eigenvalue weighted by Gasteiger charge is 2.23. The molecule has 0 saturated carbocycles. The molecule has 0 aliphatic carbocycles. The predicted octanol–water partition coefficient (Wildman–Crippen LogP) is 1.63. The van der Waals surface area contributed by atoms with Crippen LogP contribution in [0.2, 0.25) is 0 Å². The summed E-state index contributed by atoms with van der Waals surface area (Å²) in [6.07, 6.45) is 1.94. The lowest BCUT2D eigenvalue weighted by Gasteiger charge is -2.34. The van der Waals surface area contributed by atoms with Gasteiger partial charge in [0.1, 0.15) is 5.82 Å². The summed E-state index contributed by atoms with van der Waals surface area (Å²) in [6, 6.07) is 4.91. The molecule has 1 heterocycles. The molecule has 1 aliphatic rings. The second kappa shape index (κ2) is 7.15. The van der Waals surface area contributed by atoms with Gasteiger partial charge in [-0.1, -0.05) is 15.9 Å². The van der Waals surface area contributed by atoms with Crippen LogP contribution in [0.1, 0.15) is 18.4 Å². The molecular formula is C14H19BrFN3O. The number of nitrogens with one attached hydrogen (secondary N) is 1. The summed E-state index contributed by atoms with van der Waals surface area (Å²) in [5, 5.41) is 3.30. The molecular weight excluding hydrogens is 325 g/mol. The molecule has 0 aromatic heterocycles. The first-order valence-electron chi connectivity index (χ1n) is 6.73. The molecule has 0 bridgehead atoms. The largest absolute Gasteiger partial charge is 0.369 e. The van der Waals surface area contributed by atoms with Crippen molar-refractivity contribution >= 4 is 21.8 Å². The maximum absolute atomic E-state index is 13.4. The number of primary amides is 1. The van der Waals surface area contributed by atoms with E-state index in [1.54, 1.807) is 6.07 Å². The second-order valence-electron chi connectivity index (χ2n) is 5.09. The Morgan fingerprint density at radius 3 is 2.80 bits per heavy atom. The van der Waals surface area contributed by atoms with Crippen molar-refractivity contribution in [3.63, 3.8) is 0 Å². The zero-order valence-corrected chi connectivity index (χ0v) is 12.8. The van der Waals surface area contributed by atoms with Crippen molar-refractivity contribution in [3.05, 3.63) is 34.1 Å². The molecule has 1 aromatic carbocycles. The van der Waals surface area contributed by atoms with Crippen LogP contribution in [0.25, 0.3) is 0 Å². The minimum absolute atomic E-state index is 0.202. The van der Waals surface area contributed by atoms with Crippen LogP contribution in [-0.2, 0) is 11.3 Å². The van der Waals surface area contributed by atoms with Gasteiger partial charge < -0.3 is 11.1 Å². The van der Waals surface area contributed by atoms with E-state index in [2.05, 4.69) is 21.2 Å². The maximum atomic E-state index is 13.4. The summed E-state index contributed by atoms with van der Waals surface area (Å²) in [6.45, 7) is 2.59. The van der Waals surface area contributed by atoms with Crippen LogP contribution in [0.15, 0.2) is 22.7 Å². The standard InChI is InChI=1S/C14H19BrFN3O/c15-13-2-1-11(16)7-10(13)8-19(9-14(17)20)12-3-5-18-6-4-12/h1-2,7,12,18H,3-6,8-9H2,(H2,17,20). The molecule has 0 atom stereocenters. The van der Waals surface area contributed by atoms with Gasteiger partial charge in [0.2, 0.25) is 5.91 Å². The van der Waals surface area contributed by atoms with E-state index >= 15 is 0 Å². The summed E-state index contributed by atoms with van der Waals surface area (Å²) in [7, 11) is 0. The third-order valence-electron chi connectivity index (χ3n) is 3.57. The number of carbonyl (C=O) groups excluding carboxylic acids is 1. The van der Waals surface area contributed by atoms with Crippen LogP contribution >= 0.6 is 15.9 Å². The average molecular weight is 344 g/mol. The number of carbonyl (C=O) groups is 1. The van der Waals surface area contributed by atoms with E-state index in [4.69, 9.17) is 5.73 Å². The lowest BCUT2D eigenvalue weighted by atomic mass is 10.0. The molecule has 110 valence electrons. The second-order valence-corrected chi connectivity index (χ2v) is 5.94. The Balaban J connectivity index is 2.13. The van der Waals surface area contributed by atoms with E-state index in [1.165, 1.54) is 12.1 Å². The van der Waals surface area contributed by atoms with Crippen LogP contribution in [0.3, 0.4) is 0 Å². The fraction of sp³-hybridized carbons (Fsp3) is 0.500. The summed E-state index contributed by atoms with van der Waals surface area (Å²) in [4.78, 5) is 13.3. The smallest absolute Gasteiger partial charge is 0.231 e. The van der Waals surface area contributed by atoms with Crippen LogP contribution in [-0.4, -0.2) is 36.5 Å². The van der Waals surface area contributed by atoms with E-state index in [1.807, 2.05) is 4.90 Å². The summed E-state index contributed by atoms with van der Waals surface area (Å²) in [5.74, 6) is -0.622. The van der Waals surface area contributed by atoms with Crippen molar-refractivity contribution in [1.82, 2.24) is 10.2 Å². The Kier molecular flexibility index (Phi) is 5.51. The van der Waals surface area contributed by atoms with Crippen molar-refractivity contribution in [3.8, 4) is 0 Å². The normalized spacial score (nSPS) is 16.6. The molecule has 20 heavy (non-hydrogen) atoms. The van der Waals surface area contributed by atoms with Crippen molar-refractivity contribution in [2.45, 2.75) is 25.4 Å². The number of piperidine rings is 1. The van der Waals surface area contributed by atoms with Crippen molar-refractivity contribution in [2.75, 3.05) is 19.6 Å². The first kappa shape index (κ1) is 15.4. The van der Waals surface area contributed by atoms with Gasteiger partial charge in [0.15, 0.2) is 0 Å². The highest BCUT2D eigenvalue weighted by atomic mass is 79.9. The Hall–Kier alpha value is -0.980. The van der Waals surface area contributed by atoms with E-state index in [9.17, 15) is 9.18 Å². The minimum Gasteiger partial charge on any atom is -0.369 e. The van der Waals surface area contributed by atoms with Gasteiger partial charge in [0.05, 0.1) is 6.54 Å². The van der Waals surface area contributed by atoms with Crippen LogP contribution in [0.4, 0.5) is 4.39 Å². The predicted molar refractivity (Wildman–Crippen MR) is 79.6 cm³/mol. The monoisotopic (exact) mass is 343 g/mol. The SMILES string of the molecule is NC(=O)CN(Cc1cc(F)ccc1Br)C1CCNCC1. The molecule has 2 rings (SSSR count). The van der Waals surface area contributed by atoms with Gasteiger partial charge in [-0.05, 0) is 49.7 Å². The van der Waals surface area contributed by atoms with E-state index < -0.39 is 0 Å². The quantitative estimate of drug-likeness (QED) is 0.854. The lowest BCUT2D eigenvalue weighted by molar-refractivity contribution is -0.120. The molecule has 1 saturated heterocycles. The Morgan fingerprint density at radius 2 is 2.15 bits per heavy atom. The zero-order valence-electron chi connectivity index (χ0n) is 11.2. The number of rotatable bonds is 5. The van der Waals surface area contributed by atoms with Crippen molar-refractivity contribution in [1.29, 1.82) is 0 Å². The van der Waals surface area contributed by atoms with Crippen LogP contribution < -0.4 is 11.1 Å². The highest BCUT2D eigenvalue weighted by Crippen LogP contribution is 2.22. The lowest BCUT2D eigenvalue weighted by Crippen LogP contribution is -2.46. The summed E-state index contributed by atoms with van der Waals surface area (Å²) in [5.41, 5.74) is 6.18. The highest BCUT2D eigenvalue weighted by molar-refractivity contribution is 9.10. The number of amides is 1. The molecule has 0 unspecified atom stereocenters. The number of halogens is 2. The molecule has 1 aliphatic heterocycles.